The highest BCUT2D eigenvalue weighted by atomic mass is 16.3. The number of carbonyl (C=O) groups excluding carboxylic acids is 2. The van der Waals surface area contributed by atoms with E-state index in [0.29, 0.717) is 24.0 Å². The van der Waals surface area contributed by atoms with Crippen LogP contribution in [0.4, 0.5) is 0 Å². The van der Waals surface area contributed by atoms with E-state index in [1.807, 2.05) is 24.3 Å². The summed E-state index contributed by atoms with van der Waals surface area (Å²) in [5.41, 5.74) is 0.919. The molecule has 1 N–H and O–H groups in total. The van der Waals surface area contributed by atoms with Crippen molar-refractivity contribution in [2.24, 2.45) is 0 Å². The number of aliphatic hydroxyl groups excluding tert-OH is 1. The number of hydrogen-bond acceptors (Lipinski definition) is 3. The molecule has 2 aromatic carbocycles. The van der Waals surface area contributed by atoms with E-state index in [2.05, 4.69) is 0 Å². The van der Waals surface area contributed by atoms with Gasteiger partial charge in [-0.05, 0) is 35.7 Å². The summed E-state index contributed by atoms with van der Waals surface area (Å²) in [5, 5.41) is 12.1. The Bertz CT molecular complexity index is 728. The van der Waals surface area contributed by atoms with Crippen LogP contribution in [0.25, 0.3) is 10.8 Å². The summed E-state index contributed by atoms with van der Waals surface area (Å²) < 4.78 is 0. The minimum Gasteiger partial charge on any atom is -0.391 e. The molecule has 0 unspecified atom stereocenters. The largest absolute Gasteiger partial charge is 0.391 e. The molecular weight excluding hydrogens is 278 g/mol. The molecule has 4 nitrogen and oxygen atoms in total. The molecule has 4 rings (SSSR count). The van der Waals surface area contributed by atoms with E-state index in [-0.39, 0.29) is 17.9 Å². The zero-order valence-corrected chi connectivity index (χ0v) is 12.2. The molecule has 22 heavy (non-hydrogen) atoms. The molecule has 0 spiro atoms. The first-order valence-electron chi connectivity index (χ1n) is 7.75. The predicted octanol–water partition coefficient (Wildman–Crippen LogP) is 2.74. The van der Waals surface area contributed by atoms with Crippen LogP contribution in [-0.2, 0) is 0 Å². The maximum Gasteiger partial charge on any atom is 0.261 e. The van der Waals surface area contributed by atoms with Gasteiger partial charge < -0.3 is 5.11 Å². The summed E-state index contributed by atoms with van der Waals surface area (Å²) in [4.78, 5) is 26.7. The number of amides is 2. The van der Waals surface area contributed by atoms with Gasteiger partial charge in [0.2, 0.25) is 0 Å². The Morgan fingerprint density at radius 3 is 2.00 bits per heavy atom. The quantitative estimate of drug-likeness (QED) is 0.823. The Morgan fingerprint density at radius 1 is 0.909 bits per heavy atom. The van der Waals surface area contributed by atoms with Crippen molar-refractivity contribution in [3.05, 3.63) is 47.5 Å². The van der Waals surface area contributed by atoms with Gasteiger partial charge in [-0.3, -0.25) is 14.5 Å². The molecule has 0 radical (unpaired) electrons. The number of imide groups is 1. The highest BCUT2D eigenvalue weighted by Crippen LogP contribution is 2.33. The average molecular weight is 295 g/mol. The minimum absolute atomic E-state index is 0.267. The number of nitrogens with zero attached hydrogens (tertiary/aromatic N) is 1. The van der Waals surface area contributed by atoms with Crippen LogP contribution in [0.15, 0.2) is 36.4 Å². The first kappa shape index (κ1) is 13.5. The van der Waals surface area contributed by atoms with Crippen molar-refractivity contribution >= 4 is 22.6 Å². The van der Waals surface area contributed by atoms with Gasteiger partial charge in [0.15, 0.2) is 0 Å². The Labute approximate surface area is 128 Å². The first-order valence-corrected chi connectivity index (χ1v) is 7.75. The third-order valence-electron chi connectivity index (χ3n) is 4.81. The fourth-order valence-corrected chi connectivity index (χ4v) is 3.64. The molecule has 1 heterocycles. The molecule has 0 saturated heterocycles. The fraction of sp³-hybridized carbons (Fsp3) is 0.333. The van der Waals surface area contributed by atoms with Gasteiger partial charge in [0, 0.05) is 0 Å². The molecule has 2 amide bonds. The zero-order chi connectivity index (χ0) is 15.3. The van der Waals surface area contributed by atoms with Gasteiger partial charge in [0.05, 0.1) is 23.3 Å². The normalized spacial score (nSPS) is 24.9. The number of aliphatic hydroxyl groups is 1. The van der Waals surface area contributed by atoms with Crippen molar-refractivity contribution in [3.8, 4) is 0 Å². The van der Waals surface area contributed by atoms with E-state index in [9.17, 15) is 14.7 Å². The van der Waals surface area contributed by atoms with Crippen LogP contribution < -0.4 is 0 Å². The zero-order valence-electron chi connectivity index (χ0n) is 12.2. The lowest BCUT2D eigenvalue weighted by Gasteiger charge is -2.33. The standard InChI is InChI=1S/C18H17NO3/c20-16-8-4-3-7-15(16)19-17(21)13-9-11-5-1-2-6-12(11)10-14(13)18(19)22/h1-2,5-6,9-10,15-16,20H,3-4,7-8H2/t15-,16-/m0/s1. The van der Waals surface area contributed by atoms with Crippen LogP contribution in [0.5, 0.6) is 0 Å². The molecule has 112 valence electrons. The van der Waals surface area contributed by atoms with Gasteiger partial charge in [-0.2, -0.15) is 0 Å². The van der Waals surface area contributed by atoms with Crippen LogP contribution >= 0.6 is 0 Å². The van der Waals surface area contributed by atoms with Gasteiger partial charge in [0.25, 0.3) is 11.8 Å². The van der Waals surface area contributed by atoms with Gasteiger partial charge in [0.1, 0.15) is 0 Å². The van der Waals surface area contributed by atoms with Crippen LogP contribution in [-0.4, -0.2) is 34.0 Å². The Morgan fingerprint density at radius 2 is 1.45 bits per heavy atom. The lowest BCUT2D eigenvalue weighted by Crippen LogP contribution is -2.48. The monoisotopic (exact) mass is 295 g/mol. The summed E-state index contributed by atoms with van der Waals surface area (Å²) in [6.07, 6.45) is 2.62. The fourth-order valence-electron chi connectivity index (χ4n) is 3.64. The molecule has 0 aromatic heterocycles. The summed E-state index contributed by atoms with van der Waals surface area (Å²) in [5.74, 6) is -0.534. The summed E-state index contributed by atoms with van der Waals surface area (Å²) >= 11 is 0. The number of carbonyl (C=O) groups is 2. The molecular formula is C18H17NO3. The van der Waals surface area contributed by atoms with Gasteiger partial charge in [-0.15, -0.1) is 0 Å². The van der Waals surface area contributed by atoms with Crippen molar-refractivity contribution in [1.29, 1.82) is 0 Å². The number of benzene rings is 2. The average Bonchev–Trinajstić information content (AvgIpc) is 2.77. The Balaban J connectivity index is 1.80. The SMILES string of the molecule is O=C1c2cc3ccccc3cc2C(=O)N1[C@H]1CCCC[C@@H]1O. The van der Waals surface area contributed by atoms with Gasteiger partial charge in [-0.1, -0.05) is 37.1 Å². The van der Waals surface area contributed by atoms with Crippen LogP contribution in [0.2, 0.25) is 0 Å². The van der Waals surface area contributed by atoms with Crippen LogP contribution in [0, 0.1) is 0 Å². The molecule has 1 fully saturated rings. The van der Waals surface area contributed by atoms with E-state index >= 15 is 0 Å². The second kappa shape index (κ2) is 4.92. The highest BCUT2D eigenvalue weighted by molar-refractivity contribution is 6.23. The Kier molecular flexibility index (Phi) is 3.01. The Hall–Kier alpha value is -2.20. The third-order valence-corrected chi connectivity index (χ3v) is 4.81. The summed E-state index contributed by atoms with van der Waals surface area (Å²) in [6, 6.07) is 10.9. The van der Waals surface area contributed by atoms with E-state index in [1.54, 1.807) is 12.1 Å². The summed E-state index contributed by atoms with van der Waals surface area (Å²) in [7, 11) is 0. The van der Waals surface area contributed by atoms with Gasteiger partial charge in [-0.25, -0.2) is 0 Å². The van der Waals surface area contributed by atoms with Crippen molar-refractivity contribution in [2.75, 3.05) is 0 Å². The number of rotatable bonds is 1. The van der Waals surface area contributed by atoms with Crippen molar-refractivity contribution in [1.82, 2.24) is 4.90 Å². The topological polar surface area (TPSA) is 57.6 Å². The van der Waals surface area contributed by atoms with Crippen LogP contribution in [0.3, 0.4) is 0 Å². The molecule has 4 heteroatoms. The second-order valence-electron chi connectivity index (χ2n) is 6.14. The van der Waals surface area contributed by atoms with Crippen molar-refractivity contribution in [3.63, 3.8) is 0 Å². The smallest absolute Gasteiger partial charge is 0.261 e. The summed E-state index contributed by atoms with van der Waals surface area (Å²) in [6.45, 7) is 0. The molecule has 2 aliphatic rings. The van der Waals surface area contributed by atoms with Crippen molar-refractivity contribution < 1.29 is 14.7 Å². The van der Waals surface area contributed by atoms with Gasteiger partial charge >= 0.3 is 0 Å². The van der Waals surface area contributed by atoms with Crippen LogP contribution in [0.1, 0.15) is 46.4 Å². The molecule has 2 atom stereocenters. The highest BCUT2D eigenvalue weighted by Gasteiger charge is 2.43. The van der Waals surface area contributed by atoms with E-state index in [4.69, 9.17) is 0 Å². The van der Waals surface area contributed by atoms with E-state index in [1.165, 1.54) is 4.90 Å². The number of fused-ring (bicyclic) bond motifs is 2. The first-order chi connectivity index (χ1) is 10.7. The maximum absolute atomic E-state index is 12.7. The lowest BCUT2D eigenvalue weighted by molar-refractivity contribution is 0.0203. The predicted molar refractivity (Wildman–Crippen MR) is 82.7 cm³/mol. The molecule has 1 aliphatic carbocycles. The minimum atomic E-state index is -0.606. The molecule has 1 saturated carbocycles. The maximum atomic E-state index is 12.7. The third kappa shape index (κ3) is 1.87. The number of hydrogen-bond donors (Lipinski definition) is 1. The molecule has 1 aliphatic heterocycles. The van der Waals surface area contributed by atoms with Crippen molar-refractivity contribution in [2.45, 2.75) is 37.8 Å². The van der Waals surface area contributed by atoms with E-state index in [0.717, 1.165) is 23.6 Å². The van der Waals surface area contributed by atoms with E-state index < -0.39 is 6.10 Å². The molecule has 2 aromatic rings. The molecule has 0 bridgehead atoms. The lowest BCUT2D eigenvalue weighted by atomic mass is 9.91. The second-order valence-corrected chi connectivity index (χ2v) is 6.14.